The molecule has 2 nitrogen and oxygen atoms in total. The Morgan fingerprint density at radius 1 is 1.22 bits per heavy atom. The Morgan fingerprint density at radius 2 is 1.89 bits per heavy atom. The molecule has 0 unspecified atom stereocenters. The molecular formula is C15H25ClN2. The van der Waals surface area contributed by atoms with Crippen molar-refractivity contribution in [2.24, 2.45) is 11.7 Å². The van der Waals surface area contributed by atoms with Crippen LogP contribution in [0.15, 0.2) is 18.2 Å². The van der Waals surface area contributed by atoms with Crippen molar-refractivity contribution in [1.82, 2.24) is 0 Å². The minimum atomic E-state index is 0.449. The lowest BCUT2D eigenvalue weighted by molar-refractivity contribution is 0.571. The second kappa shape index (κ2) is 7.01. The van der Waals surface area contributed by atoms with Gasteiger partial charge in [-0.25, -0.2) is 0 Å². The van der Waals surface area contributed by atoms with Gasteiger partial charge in [0.25, 0.3) is 0 Å². The molecule has 0 fully saturated rings. The Balaban J connectivity index is 2.98. The van der Waals surface area contributed by atoms with Crippen molar-refractivity contribution in [1.29, 1.82) is 0 Å². The molecule has 0 amide bonds. The summed E-state index contributed by atoms with van der Waals surface area (Å²) < 4.78 is 0. The number of hydrogen-bond donors (Lipinski definition) is 1. The van der Waals surface area contributed by atoms with E-state index in [2.05, 4.69) is 44.7 Å². The van der Waals surface area contributed by atoms with Crippen molar-refractivity contribution < 1.29 is 0 Å². The lowest BCUT2D eigenvalue weighted by Crippen LogP contribution is -2.34. The van der Waals surface area contributed by atoms with Gasteiger partial charge in [-0.2, -0.15) is 0 Å². The molecule has 18 heavy (non-hydrogen) atoms. The van der Waals surface area contributed by atoms with Crippen LogP contribution >= 0.6 is 11.6 Å². The monoisotopic (exact) mass is 268 g/mol. The molecule has 0 atom stereocenters. The van der Waals surface area contributed by atoms with Crippen molar-refractivity contribution in [2.45, 2.75) is 40.2 Å². The van der Waals surface area contributed by atoms with Gasteiger partial charge in [0.1, 0.15) is 0 Å². The van der Waals surface area contributed by atoms with E-state index < -0.39 is 0 Å². The fraction of sp³-hybridized carbons (Fsp3) is 0.600. The van der Waals surface area contributed by atoms with E-state index in [1.165, 1.54) is 5.56 Å². The number of rotatable bonds is 6. The maximum Gasteiger partial charge on any atom is 0.0642 e. The summed E-state index contributed by atoms with van der Waals surface area (Å²) in [5.41, 5.74) is 7.90. The van der Waals surface area contributed by atoms with E-state index in [9.17, 15) is 0 Å². The lowest BCUT2D eigenvalue weighted by atomic mass is 10.1. The maximum atomic E-state index is 6.40. The normalized spacial score (nSPS) is 11.3. The highest BCUT2D eigenvalue weighted by Gasteiger charge is 2.15. The zero-order chi connectivity index (χ0) is 13.7. The van der Waals surface area contributed by atoms with Crippen LogP contribution in [-0.4, -0.2) is 19.1 Å². The Hall–Kier alpha value is -0.730. The van der Waals surface area contributed by atoms with Gasteiger partial charge >= 0.3 is 0 Å². The Bertz CT molecular complexity index is 375. The Morgan fingerprint density at radius 3 is 2.33 bits per heavy atom. The fourth-order valence-electron chi connectivity index (χ4n) is 2.09. The Labute approximate surface area is 116 Å². The van der Waals surface area contributed by atoms with E-state index in [0.717, 1.165) is 23.7 Å². The molecule has 0 bridgehead atoms. The summed E-state index contributed by atoms with van der Waals surface area (Å²) in [7, 11) is 0. The molecule has 0 heterocycles. The van der Waals surface area contributed by atoms with Gasteiger partial charge in [0.05, 0.1) is 10.7 Å². The van der Waals surface area contributed by atoms with Crippen LogP contribution in [-0.2, 0) is 6.42 Å². The Kier molecular flexibility index (Phi) is 5.97. The molecule has 1 aromatic rings. The van der Waals surface area contributed by atoms with Crippen LogP contribution in [0.4, 0.5) is 5.69 Å². The third-order valence-corrected chi connectivity index (χ3v) is 3.24. The van der Waals surface area contributed by atoms with Crippen LogP contribution in [0.25, 0.3) is 0 Å². The first-order valence-corrected chi connectivity index (χ1v) is 7.08. The van der Waals surface area contributed by atoms with Crippen LogP contribution in [0, 0.1) is 5.92 Å². The first-order chi connectivity index (χ1) is 8.45. The quantitative estimate of drug-likeness (QED) is 0.852. The van der Waals surface area contributed by atoms with Gasteiger partial charge in [-0.15, -0.1) is 0 Å². The predicted molar refractivity (Wildman–Crippen MR) is 81.5 cm³/mol. The van der Waals surface area contributed by atoms with Crippen molar-refractivity contribution in [3.05, 3.63) is 28.8 Å². The molecule has 0 spiro atoms. The molecule has 0 aliphatic heterocycles. The van der Waals surface area contributed by atoms with E-state index in [-0.39, 0.29) is 0 Å². The minimum absolute atomic E-state index is 0.449. The maximum absolute atomic E-state index is 6.40. The number of nitrogens with two attached hydrogens (primary N) is 1. The molecule has 0 aliphatic carbocycles. The summed E-state index contributed by atoms with van der Waals surface area (Å²) >= 11 is 6.40. The third-order valence-electron chi connectivity index (χ3n) is 2.94. The van der Waals surface area contributed by atoms with Gasteiger partial charge in [0.15, 0.2) is 0 Å². The first kappa shape index (κ1) is 15.3. The average molecular weight is 269 g/mol. The SMILES string of the molecule is CC(C)CN(c1ccc(CCN)cc1Cl)C(C)C. The number of hydrogen-bond acceptors (Lipinski definition) is 2. The summed E-state index contributed by atoms with van der Waals surface area (Å²) in [5.74, 6) is 0.618. The minimum Gasteiger partial charge on any atom is -0.368 e. The molecule has 0 saturated heterocycles. The zero-order valence-electron chi connectivity index (χ0n) is 11.9. The summed E-state index contributed by atoms with van der Waals surface area (Å²) in [4.78, 5) is 2.36. The van der Waals surface area contributed by atoms with E-state index in [1.54, 1.807) is 0 Å². The van der Waals surface area contributed by atoms with Crippen LogP contribution in [0.2, 0.25) is 5.02 Å². The molecule has 1 aromatic carbocycles. The highest BCUT2D eigenvalue weighted by molar-refractivity contribution is 6.33. The molecule has 3 heteroatoms. The van der Waals surface area contributed by atoms with E-state index in [0.29, 0.717) is 18.5 Å². The van der Waals surface area contributed by atoms with Gasteiger partial charge in [-0.3, -0.25) is 0 Å². The van der Waals surface area contributed by atoms with Gasteiger partial charge < -0.3 is 10.6 Å². The van der Waals surface area contributed by atoms with Crippen LogP contribution in [0.1, 0.15) is 33.3 Å². The van der Waals surface area contributed by atoms with Gasteiger partial charge in [-0.05, 0) is 50.4 Å². The highest BCUT2D eigenvalue weighted by Crippen LogP contribution is 2.29. The second-order valence-electron chi connectivity index (χ2n) is 5.46. The molecule has 1 rings (SSSR count). The highest BCUT2D eigenvalue weighted by atomic mass is 35.5. The first-order valence-electron chi connectivity index (χ1n) is 6.70. The van der Waals surface area contributed by atoms with Gasteiger partial charge in [-0.1, -0.05) is 31.5 Å². The zero-order valence-corrected chi connectivity index (χ0v) is 12.7. The molecular weight excluding hydrogens is 244 g/mol. The summed E-state index contributed by atoms with van der Waals surface area (Å²) in [6.45, 7) is 10.5. The molecule has 2 N–H and O–H groups in total. The van der Waals surface area contributed by atoms with Crippen LogP contribution < -0.4 is 10.6 Å². The molecule has 0 aliphatic rings. The predicted octanol–water partition coefficient (Wildman–Crippen LogP) is 3.71. The average Bonchev–Trinajstić information content (AvgIpc) is 2.26. The van der Waals surface area contributed by atoms with Crippen molar-refractivity contribution in [2.75, 3.05) is 18.0 Å². The van der Waals surface area contributed by atoms with E-state index in [4.69, 9.17) is 17.3 Å². The summed E-state index contributed by atoms with van der Waals surface area (Å²) in [6, 6.07) is 6.74. The second-order valence-corrected chi connectivity index (χ2v) is 5.87. The van der Waals surface area contributed by atoms with Gasteiger partial charge in [0.2, 0.25) is 0 Å². The lowest BCUT2D eigenvalue weighted by Gasteiger charge is -2.31. The van der Waals surface area contributed by atoms with Crippen molar-refractivity contribution in [3.63, 3.8) is 0 Å². The van der Waals surface area contributed by atoms with Crippen LogP contribution in [0.5, 0.6) is 0 Å². The van der Waals surface area contributed by atoms with Crippen molar-refractivity contribution in [3.8, 4) is 0 Å². The topological polar surface area (TPSA) is 29.3 Å². The smallest absolute Gasteiger partial charge is 0.0642 e. The number of benzene rings is 1. The summed E-state index contributed by atoms with van der Waals surface area (Å²) in [6.07, 6.45) is 0.881. The van der Waals surface area contributed by atoms with E-state index in [1.807, 2.05) is 6.07 Å². The third kappa shape index (κ3) is 4.18. The number of nitrogens with zero attached hydrogens (tertiary/aromatic N) is 1. The number of halogens is 1. The van der Waals surface area contributed by atoms with Crippen molar-refractivity contribution >= 4 is 17.3 Å². The fourth-order valence-corrected chi connectivity index (χ4v) is 2.40. The summed E-state index contributed by atoms with van der Waals surface area (Å²) in [5, 5.41) is 0.829. The van der Waals surface area contributed by atoms with Crippen LogP contribution in [0.3, 0.4) is 0 Å². The molecule has 0 radical (unpaired) electrons. The number of anilines is 1. The van der Waals surface area contributed by atoms with E-state index >= 15 is 0 Å². The largest absolute Gasteiger partial charge is 0.368 e. The molecule has 0 saturated carbocycles. The standard InChI is InChI=1S/C15H25ClN2/c1-11(2)10-18(12(3)4)15-6-5-13(7-8-17)9-14(15)16/h5-6,9,11-12H,7-8,10,17H2,1-4H3. The van der Waals surface area contributed by atoms with Gasteiger partial charge in [0, 0.05) is 12.6 Å². The molecule has 102 valence electrons. The molecule has 0 aromatic heterocycles.